The Kier molecular flexibility index (Phi) is 2.10. The van der Waals surface area contributed by atoms with Gasteiger partial charge in [-0.25, -0.2) is 4.39 Å². The molecule has 0 aliphatic heterocycles. The Bertz CT molecular complexity index is 20.9. The molecule has 2 heteroatoms. The van der Waals surface area contributed by atoms with E-state index in [1.807, 2.05) is 0 Å². The summed E-state index contributed by atoms with van der Waals surface area (Å²) in [5.41, 5.74) is 0. The molecular formula is C3H6FO. The zero-order valence-corrected chi connectivity index (χ0v) is 2.98. The van der Waals surface area contributed by atoms with Gasteiger partial charge in [-0.05, 0) is 6.92 Å². The zero-order valence-electron chi connectivity index (χ0n) is 2.98. The molecule has 0 bridgehead atoms. The summed E-state index contributed by atoms with van der Waals surface area (Å²) in [5, 5.41) is 7.64. The van der Waals surface area contributed by atoms with Gasteiger partial charge in [-0.2, -0.15) is 0 Å². The van der Waals surface area contributed by atoms with Crippen LogP contribution < -0.4 is 0 Å². The lowest BCUT2D eigenvalue weighted by molar-refractivity contribution is 0.264. The van der Waals surface area contributed by atoms with E-state index in [4.69, 9.17) is 5.11 Å². The van der Waals surface area contributed by atoms with Crippen LogP contribution in [0.3, 0.4) is 0 Å². The number of alkyl halides is 1. The second-order valence-corrected chi connectivity index (χ2v) is 0.827. The molecule has 1 radical (unpaired) electrons. The molecule has 1 unspecified atom stereocenters. The second kappa shape index (κ2) is 2.15. The van der Waals surface area contributed by atoms with Gasteiger partial charge in [0, 0.05) is 0 Å². The molecule has 0 heterocycles. The van der Waals surface area contributed by atoms with Crippen LogP contribution in [0.2, 0.25) is 0 Å². The van der Waals surface area contributed by atoms with Gasteiger partial charge in [-0.3, -0.25) is 0 Å². The van der Waals surface area contributed by atoms with E-state index in [-0.39, 0.29) is 0 Å². The van der Waals surface area contributed by atoms with E-state index in [0.717, 1.165) is 0 Å². The molecule has 1 nitrogen and oxygen atoms in total. The van der Waals surface area contributed by atoms with Gasteiger partial charge < -0.3 is 5.11 Å². The van der Waals surface area contributed by atoms with Gasteiger partial charge in [-0.1, -0.05) is 0 Å². The molecule has 0 fully saturated rings. The Balaban J connectivity index is 2.54. The molecule has 0 spiro atoms. The summed E-state index contributed by atoms with van der Waals surface area (Å²) in [6.07, 6.45) is -1.19. The van der Waals surface area contributed by atoms with Crippen LogP contribution in [-0.2, 0) is 0 Å². The van der Waals surface area contributed by atoms with E-state index in [1.54, 1.807) is 0 Å². The third kappa shape index (κ3) is 3.89. The van der Waals surface area contributed by atoms with E-state index in [9.17, 15) is 4.39 Å². The first kappa shape index (κ1) is 4.89. The maximum absolute atomic E-state index is 11.1. The summed E-state index contributed by atoms with van der Waals surface area (Å²) < 4.78 is 11.1. The minimum Gasteiger partial charge on any atom is -0.387 e. The summed E-state index contributed by atoms with van der Waals surface area (Å²) in [7, 11) is 0. The van der Waals surface area contributed by atoms with Gasteiger partial charge in [0.25, 0.3) is 0 Å². The lowest BCUT2D eigenvalue weighted by Crippen LogP contribution is -1.88. The Morgan fingerprint density at radius 1 is 2.00 bits per heavy atom. The standard InChI is InChI=1S/C3H6FO/c1-3(4)2-5/h2-3,5H,1H3. The molecule has 0 saturated carbocycles. The normalized spacial score (nSPS) is 15.0. The molecule has 0 rings (SSSR count). The number of aliphatic hydroxyl groups excluding tert-OH is 1. The first-order valence-corrected chi connectivity index (χ1v) is 1.39. The molecule has 5 heavy (non-hydrogen) atoms. The highest BCUT2D eigenvalue weighted by atomic mass is 19.1. The van der Waals surface area contributed by atoms with E-state index in [0.29, 0.717) is 6.61 Å². The quantitative estimate of drug-likeness (QED) is 0.492. The smallest absolute Gasteiger partial charge is 0.126 e. The lowest BCUT2D eigenvalue weighted by atomic mass is 10.5. The molecule has 0 saturated heterocycles. The van der Waals surface area contributed by atoms with Crippen molar-refractivity contribution in [2.75, 3.05) is 0 Å². The topological polar surface area (TPSA) is 20.2 Å². The van der Waals surface area contributed by atoms with Crippen molar-refractivity contribution >= 4 is 0 Å². The number of hydrogen-bond donors (Lipinski definition) is 1. The predicted molar refractivity (Wildman–Crippen MR) is 16.8 cm³/mol. The Hall–Kier alpha value is -0.110. The van der Waals surface area contributed by atoms with Crippen LogP contribution in [0.1, 0.15) is 6.92 Å². The third-order valence-corrected chi connectivity index (χ3v) is 0.205. The summed E-state index contributed by atoms with van der Waals surface area (Å²) in [5.74, 6) is 0. The summed E-state index contributed by atoms with van der Waals surface area (Å²) in [4.78, 5) is 0. The van der Waals surface area contributed by atoms with Crippen molar-refractivity contribution < 1.29 is 9.50 Å². The number of halogens is 1. The molecule has 1 N–H and O–H groups in total. The molecule has 0 aliphatic carbocycles. The highest BCUT2D eigenvalue weighted by Gasteiger charge is 1.88. The van der Waals surface area contributed by atoms with Crippen molar-refractivity contribution in [1.29, 1.82) is 0 Å². The zero-order chi connectivity index (χ0) is 4.28. The van der Waals surface area contributed by atoms with Crippen LogP contribution in [0.5, 0.6) is 0 Å². The maximum atomic E-state index is 11.1. The average molecular weight is 77.1 g/mol. The Morgan fingerprint density at radius 3 is 2.20 bits per heavy atom. The van der Waals surface area contributed by atoms with Crippen LogP contribution >= 0.6 is 0 Å². The van der Waals surface area contributed by atoms with Gasteiger partial charge >= 0.3 is 0 Å². The summed E-state index contributed by atoms with van der Waals surface area (Å²) >= 11 is 0. The SMILES string of the molecule is CC(F)[CH]O. The van der Waals surface area contributed by atoms with E-state index in [1.165, 1.54) is 6.92 Å². The van der Waals surface area contributed by atoms with Gasteiger partial charge in [0.1, 0.15) is 12.8 Å². The molecule has 0 aromatic rings. The average Bonchev–Trinajstić information content (AvgIpc) is 1.38. The van der Waals surface area contributed by atoms with Crippen molar-refractivity contribution in [1.82, 2.24) is 0 Å². The van der Waals surface area contributed by atoms with Crippen LogP contribution in [0.15, 0.2) is 0 Å². The minimum absolute atomic E-state index is 0.500. The van der Waals surface area contributed by atoms with Crippen molar-refractivity contribution in [3.8, 4) is 0 Å². The first-order chi connectivity index (χ1) is 2.27. The molecule has 0 amide bonds. The van der Waals surface area contributed by atoms with E-state index in [2.05, 4.69) is 0 Å². The monoisotopic (exact) mass is 77.0 g/mol. The predicted octanol–water partition coefficient (Wildman–Crippen LogP) is 0.879. The minimum atomic E-state index is -1.19. The lowest BCUT2D eigenvalue weighted by Gasteiger charge is -1.84. The number of hydrogen-bond acceptors (Lipinski definition) is 1. The maximum Gasteiger partial charge on any atom is 0.126 e. The fourth-order valence-corrected chi connectivity index (χ4v) is 0. The third-order valence-electron chi connectivity index (χ3n) is 0.205. The first-order valence-electron chi connectivity index (χ1n) is 1.39. The molecule has 1 atom stereocenters. The van der Waals surface area contributed by atoms with Crippen LogP contribution in [0, 0.1) is 6.61 Å². The fraction of sp³-hybridized carbons (Fsp3) is 0.667. The molecule has 0 aromatic carbocycles. The van der Waals surface area contributed by atoms with Crippen molar-refractivity contribution in [2.45, 2.75) is 13.1 Å². The highest BCUT2D eigenvalue weighted by molar-refractivity contribution is 4.52. The fourth-order valence-electron chi connectivity index (χ4n) is 0. The Morgan fingerprint density at radius 2 is 2.20 bits per heavy atom. The van der Waals surface area contributed by atoms with Crippen LogP contribution in [0.4, 0.5) is 4.39 Å². The van der Waals surface area contributed by atoms with E-state index < -0.39 is 6.17 Å². The van der Waals surface area contributed by atoms with Gasteiger partial charge in [-0.15, -0.1) is 0 Å². The number of rotatable bonds is 1. The molecular weight excluding hydrogens is 71.0 g/mol. The second-order valence-electron chi connectivity index (χ2n) is 0.827. The van der Waals surface area contributed by atoms with Crippen molar-refractivity contribution in [3.05, 3.63) is 6.61 Å². The molecule has 31 valence electrons. The molecule has 0 aliphatic rings. The van der Waals surface area contributed by atoms with Crippen molar-refractivity contribution in [3.63, 3.8) is 0 Å². The van der Waals surface area contributed by atoms with Crippen LogP contribution in [-0.4, -0.2) is 11.3 Å². The van der Waals surface area contributed by atoms with Gasteiger partial charge in [0.15, 0.2) is 0 Å². The number of aliphatic hydroxyl groups is 1. The highest BCUT2D eigenvalue weighted by Crippen LogP contribution is 1.85. The largest absolute Gasteiger partial charge is 0.387 e. The van der Waals surface area contributed by atoms with Gasteiger partial charge in [0.2, 0.25) is 0 Å². The van der Waals surface area contributed by atoms with Gasteiger partial charge in [0.05, 0.1) is 0 Å². The Labute approximate surface area is 30.4 Å². The molecule has 0 aromatic heterocycles. The van der Waals surface area contributed by atoms with Crippen LogP contribution in [0.25, 0.3) is 0 Å². The van der Waals surface area contributed by atoms with Crippen molar-refractivity contribution in [2.24, 2.45) is 0 Å². The summed E-state index contributed by atoms with van der Waals surface area (Å²) in [6, 6.07) is 0. The van der Waals surface area contributed by atoms with E-state index >= 15 is 0 Å². The summed E-state index contributed by atoms with van der Waals surface area (Å²) in [6.45, 7) is 1.75.